The van der Waals surface area contributed by atoms with Crippen molar-refractivity contribution in [2.75, 3.05) is 13.2 Å². The monoisotopic (exact) mass is 342 g/mol. The van der Waals surface area contributed by atoms with Crippen molar-refractivity contribution in [3.63, 3.8) is 0 Å². The third-order valence-corrected chi connectivity index (χ3v) is 4.40. The second kappa shape index (κ2) is 8.26. The molecule has 0 radical (unpaired) electrons. The molecular weight excluding hydrogens is 323 g/mol. The molecule has 2 amide bonds. The van der Waals surface area contributed by atoms with E-state index in [4.69, 9.17) is 11.6 Å². The zero-order valence-electron chi connectivity index (χ0n) is 12.6. The topological polar surface area (TPSA) is 78.4 Å². The number of carbonyl (C=O) groups is 2. The van der Waals surface area contributed by atoms with Crippen LogP contribution in [0.3, 0.4) is 0 Å². The van der Waals surface area contributed by atoms with Crippen molar-refractivity contribution in [1.82, 2.24) is 10.6 Å². The van der Waals surface area contributed by atoms with Crippen LogP contribution in [0.5, 0.6) is 0 Å². The Morgan fingerprint density at radius 1 is 1.30 bits per heavy atom. The molecule has 1 aromatic rings. The lowest BCUT2D eigenvalue weighted by Crippen LogP contribution is -2.47. The van der Waals surface area contributed by atoms with Gasteiger partial charge in [-0.15, -0.1) is 0 Å². The predicted octanol–water partition coefficient (Wildman–Crippen LogP) is 1.88. The minimum Gasteiger partial charge on any atom is -0.396 e. The van der Waals surface area contributed by atoms with Crippen molar-refractivity contribution in [2.45, 2.75) is 31.7 Å². The Hall–Kier alpha value is -1.66. The lowest BCUT2D eigenvalue weighted by atomic mass is 9.85. The SMILES string of the molecule is O=C(CNC(=O)c1c(F)cccc1Cl)NC1CCCCC1CO. The summed E-state index contributed by atoms with van der Waals surface area (Å²) >= 11 is 5.80. The molecule has 0 spiro atoms. The van der Waals surface area contributed by atoms with E-state index in [2.05, 4.69) is 10.6 Å². The van der Waals surface area contributed by atoms with Crippen molar-refractivity contribution < 1.29 is 19.1 Å². The van der Waals surface area contributed by atoms with E-state index < -0.39 is 11.7 Å². The molecule has 2 rings (SSSR count). The first-order chi connectivity index (χ1) is 11.0. The van der Waals surface area contributed by atoms with Crippen LogP contribution in [0, 0.1) is 11.7 Å². The number of hydrogen-bond donors (Lipinski definition) is 3. The van der Waals surface area contributed by atoms with Crippen LogP contribution in [0.25, 0.3) is 0 Å². The van der Waals surface area contributed by atoms with E-state index in [0.717, 1.165) is 31.7 Å². The fourth-order valence-corrected chi connectivity index (χ4v) is 3.09. The van der Waals surface area contributed by atoms with E-state index in [-0.39, 0.29) is 41.6 Å². The highest BCUT2D eigenvalue weighted by atomic mass is 35.5. The number of carbonyl (C=O) groups excluding carboxylic acids is 2. The molecule has 0 aromatic heterocycles. The lowest BCUT2D eigenvalue weighted by molar-refractivity contribution is -0.121. The zero-order chi connectivity index (χ0) is 16.8. The summed E-state index contributed by atoms with van der Waals surface area (Å²) in [5, 5.41) is 14.5. The summed E-state index contributed by atoms with van der Waals surface area (Å²) in [5.74, 6) is -1.78. The first kappa shape index (κ1) is 17.7. The molecule has 126 valence electrons. The fourth-order valence-electron chi connectivity index (χ4n) is 2.84. The Balaban J connectivity index is 1.87. The molecule has 2 unspecified atom stereocenters. The molecule has 2 atom stereocenters. The molecule has 0 bridgehead atoms. The quantitative estimate of drug-likeness (QED) is 0.764. The standard InChI is InChI=1S/C16H20ClFN2O3/c17-11-5-3-6-12(18)15(11)16(23)19-8-14(22)20-13-7-2-1-4-10(13)9-21/h3,5-6,10,13,21H,1-2,4,7-9H2,(H,19,23)(H,20,22). The van der Waals surface area contributed by atoms with Gasteiger partial charge in [-0.2, -0.15) is 0 Å². The number of hydrogen-bond acceptors (Lipinski definition) is 3. The summed E-state index contributed by atoms with van der Waals surface area (Å²) in [4.78, 5) is 23.9. The summed E-state index contributed by atoms with van der Waals surface area (Å²) in [6, 6.07) is 3.86. The Morgan fingerprint density at radius 2 is 2.04 bits per heavy atom. The maximum absolute atomic E-state index is 13.6. The highest BCUT2D eigenvalue weighted by molar-refractivity contribution is 6.33. The van der Waals surface area contributed by atoms with Crippen LogP contribution in [0.1, 0.15) is 36.0 Å². The molecule has 1 aliphatic carbocycles. The maximum Gasteiger partial charge on any atom is 0.256 e. The molecule has 3 N–H and O–H groups in total. The molecule has 1 fully saturated rings. The second-order valence-corrected chi connectivity index (χ2v) is 6.09. The number of amides is 2. The minimum absolute atomic E-state index is 0.00414. The number of halogens is 2. The summed E-state index contributed by atoms with van der Waals surface area (Å²) in [7, 11) is 0. The number of benzene rings is 1. The Kier molecular flexibility index (Phi) is 6.36. The number of nitrogens with one attached hydrogen (secondary N) is 2. The molecule has 1 saturated carbocycles. The Labute approximate surface area is 139 Å². The minimum atomic E-state index is -0.733. The average molecular weight is 343 g/mol. The van der Waals surface area contributed by atoms with E-state index in [9.17, 15) is 19.1 Å². The van der Waals surface area contributed by atoms with Gasteiger partial charge in [-0.3, -0.25) is 9.59 Å². The summed E-state index contributed by atoms with van der Waals surface area (Å²) < 4.78 is 13.6. The van der Waals surface area contributed by atoms with E-state index in [1.165, 1.54) is 12.1 Å². The number of rotatable bonds is 5. The smallest absolute Gasteiger partial charge is 0.256 e. The van der Waals surface area contributed by atoms with E-state index in [1.807, 2.05) is 0 Å². The van der Waals surface area contributed by atoms with Gasteiger partial charge in [-0.05, 0) is 25.0 Å². The van der Waals surface area contributed by atoms with Crippen molar-refractivity contribution in [1.29, 1.82) is 0 Å². The van der Waals surface area contributed by atoms with Crippen LogP contribution in [0.4, 0.5) is 4.39 Å². The van der Waals surface area contributed by atoms with Crippen molar-refractivity contribution in [3.05, 3.63) is 34.6 Å². The van der Waals surface area contributed by atoms with Gasteiger partial charge in [0.2, 0.25) is 5.91 Å². The van der Waals surface area contributed by atoms with Crippen LogP contribution < -0.4 is 10.6 Å². The lowest BCUT2D eigenvalue weighted by Gasteiger charge is -2.30. The van der Waals surface area contributed by atoms with Crippen LogP contribution >= 0.6 is 11.6 Å². The molecule has 0 saturated heterocycles. The van der Waals surface area contributed by atoms with E-state index in [1.54, 1.807) is 0 Å². The molecule has 1 aliphatic rings. The first-order valence-electron chi connectivity index (χ1n) is 7.65. The van der Waals surface area contributed by atoms with Gasteiger partial charge in [0.15, 0.2) is 0 Å². The number of aliphatic hydroxyl groups excluding tert-OH is 1. The Bertz CT molecular complexity index is 562. The molecular formula is C16H20ClFN2O3. The predicted molar refractivity (Wildman–Crippen MR) is 84.7 cm³/mol. The third kappa shape index (κ3) is 4.65. The van der Waals surface area contributed by atoms with Gasteiger partial charge >= 0.3 is 0 Å². The maximum atomic E-state index is 13.6. The third-order valence-electron chi connectivity index (χ3n) is 4.09. The van der Waals surface area contributed by atoms with Gasteiger partial charge in [-0.1, -0.05) is 30.5 Å². The van der Waals surface area contributed by atoms with Gasteiger partial charge in [0, 0.05) is 18.6 Å². The van der Waals surface area contributed by atoms with E-state index in [0.29, 0.717) is 0 Å². The second-order valence-electron chi connectivity index (χ2n) is 5.68. The molecule has 23 heavy (non-hydrogen) atoms. The molecule has 5 nitrogen and oxygen atoms in total. The van der Waals surface area contributed by atoms with Gasteiger partial charge in [0.1, 0.15) is 5.82 Å². The van der Waals surface area contributed by atoms with Crippen molar-refractivity contribution in [3.8, 4) is 0 Å². The highest BCUT2D eigenvalue weighted by Crippen LogP contribution is 2.23. The average Bonchev–Trinajstić information content (AvgIpc) is 2.53. The van der Waals surface area contributed by atoms with Crippen LogP contribution in [0.15, 0.2) is 18.2 Å². The molecule has 7 heteroatoms. The van der Waals surface area contributed by atoms with Crippen LogP contribution in [0.2, 0.25) is 5.02 Å². The largest absolute Gasteiger partial charge is 0.396 e. The molecule has 1 aromatic carbocycles. The first-order valence-corrected chi connectivity index (χ1v) is 8.03. The van der Waals surface area contributed by atoms with Crippen LogP contribution in [-0.2, 0) is 4.79 Å². The fraction of sp³-hybridized carbons (Fsp3) is 0.500. The molecule has 0 heterocycles. The van der Waals surface area contributed by atoms with Crippen LogP contribution in [-0.4, -0.2) is 36.1 Å². The van der Waals surface area contributed by atoms with Gasteiger partial charge in [0.05, 0.1) is 17.1 Å². The van der Waals surface area contributed by atoms with Gasteiger partial charge < -0.3 is 15.7 Å². The number of aliphatic hydroxyl groups is 1. The van der Waals surface area contributed by atoms with Gasteiger partial charge in [0.25, 0.3) is 5.91 Å². The normalized spacial score (nSPS) is 20.8. The summed E-state index contributed by atoms with van der Waals surface area (Å²) in [6.45, 7) is -0.236. The van der Waals surface area contributed by atoms with E-state index >= 15 is 0 Å². The van der Waals surface area contributed by atoms with Gasteiger partial charge in [-0.25, -0.2) is 4.39 Å². The molecule has 0 aliphatic heterocycles. The van der Waals surface area contributed by atoms with Crippen molar-refractivity contribution in [2.24, 2.45) is 5.92 Å². The zero-order valence-corrected chi connectivity index (χ0v) is 13.4. The summed E-state index contributed by atoms with van der Waals surface area (Å²) in [6.07, 6.45) is 3.72. The highest BCUT2D eigenvalue weighted by Gasteiger charge is 2.26. The van der Waals surface area contributed by atoms with Crippen molar-refractivity contribution >= 4 is 23.4 Å². The Morgan fingerprint density at radius 3 is 2.74 bits per heavy atom. The summed E-state index contributed by atoms with van der Waals surface area (Å²) in [5.41, 5.74) is -0.270.